The van der Waals surface area contributed by atoms with Crippen molar-refractivity contribution in [2.24, 2.45) is 0 Å². The maximum absolute atomic E-state index is 12.1. The first-order valence-electron chi connectivity index (χ1n) is 6.67. The summed E-state index contributed by atoms with van der Waals surface area (Å²) in [6.07, 6.45) is 0. The van der Waals surface area contributed by atoms with Gasteiger partial charge in [0.2, 0.25) is 0 Å². The van der Waals surface area contributed by atoms with Crippen LogP contribution in [0.25, 0.3) is 11.3 Å². The highest BCUT2D eigenvalue weighted by Crippen LogP contribution is 2.21. The highest BCUT2D eigenvalue weighted by molar-refractivity contribution is 7.08. The molecule has 1 heterocycles. The Hall–Kier alpha value is -2.46. The van der Waals surface area contributed by atoms with Gasteiger partial charge in [-0.3, -0.25) is 4.79 Å². The fourth-order valence-electron chi connectivity index (χ4n) is 1.99. The molecule has 3 nitrogen and oxygen atoms in total. The van der Waals surface area contributed by atoms with Gasteiger partial charge in [-0.05, 0) is 23.2 Å². The molecule has 1 aromatic heterocycles. The van der Waals surface area contributed by atoms with E-state index in [0.29, 0.717) is 11.4 Å². The van der Waals surface area contributed by atoms with E-state index in [1.807, 2.05) is 66.7 Å². The number of benzene rings is 2. The van der Waals surface area contributed by atoms with Crippen LogP contribution in [0.1, 0.15) is 15.2 Å². The van der Waals surface area contributed by atoms with Crippen molar-refractivity contribution < 1.29 is 4.79 Å². The Morgan fingerprint density at radius 2 is 1.67 bits per heavy atom. The van der Waals surface area contributed by atoms with Crippen LogP contribution in [0.2, 0.25) is 0 Å². The fraction of sp³-hybridized carbons (Fsp3) is 0.0588. The van der Waals surface area contributed by atoms with E-state index in [1.54, 1.807) is 0 Å². The van der Waals surface area contributed by atoms with Gasteiger partial charge >= 0.3 is 0 Å². The van der Waals surface area contributed by atoms with Crippen LogP contribution in [0.3, 0.4) is 0 Å². The van der Waals surface area contributed by atoms with Gasteiger partial charge in [0.25, 0.3) is 5.91 Å². The zero-order valence-corrected chi connectivity index (χ0v) is 12.1. The van der Waals surface area contributed by atoms with Gasteiger partial charge in [-0.25, -0.2) is 0 Å². The Kier molecular flexibility index (Phi) is 4.07. The number of hydrogen-bond acceptors (Lipinski definition) is 3. The molecular weight excluding hydrogens is 280 g/mol. The highest BCUT2D eigenvalue weighted by Gasteiger charge is 2.11. The second-order valence-electron chi connectivity index (χ2n) is 4.61. The largest absolute Gasteiger partial charge is 0.347 e. The molecule has 2 aromatic carbocycles. The van der Waals surface area contributed by atoms with E-state index in [4.69, 9.17) is 0 Å². The molecular formula is C17H14N2OS. The van der Waals surface area contributed by atoms with Crippen molar-refractivity contribution in [1.29, 1.82) is 0 Å². The second-order valence-corrected chi connectivity index (χ2v) is 5.42. The smallest absolute Gasteiger partial charge is 0.263 e. The van der Waals surface area contributed by atoms with Crippen molar-refractivity contribution in [2.45, 2.75) is 6.54 Å². The Bertz CT molecular complexity index is 723. The SMILES string of the molecule is O=C(NCc1ccccc1)c1cc(-c2ccccc2)ns1. The molecule has 0 unspecified atom stereocenters. The molecule has 0 aliphatic carbocycles. The van der Waals surface area contributed by atoms with Crippen LogP contribution in [-0.4, -0.2) is 10.3 Å². The minimum absolute atomic E-state index is 0.0847. The fourth-order valence-corrected chi connectivity index (χ4v) is 2.67. The van der Waals surface area contributed by atoms with E-state index in [0.717, 1.165) is 16.8 Å². The monoisotopic (exact) mass is 294 g/mol. The molecule has 0 saturated carbocycles. The standard InChI is InChI=1S/C17H14N2OS/c20-17(18-12-13-7-3-1-4-8-13)16-11-15(19-21-16)14-9-5-2-6-10-14/h1-11H,12H2,(H,18,20). The summed E-state index contributed by atoms with van der Waals surface area (Å²) in [6, 6.07) is 21.5. The molecule has 3 rings (SSSR count). The molecule has 0 bridgehead atoms. The number of rotatable bonds is 4. The molecule has 0 atom stereocenters. The molecule has 0 saturated heterocycles. The Balaban J connectivity index is 1.67. The molecule has 0 radical (unpaired) electrons. The minimum atomic E-state index is -0.0847. The number of nitrogens with zero attached hydrogens (tertiary/aromatic N) is 1. The maximum Gasteiger partial charge on any atom is 0.263 e. The highest BCUT2D eigenvalue weighted by atomic mass is 32.1. The molecule has 3 aromatic rings. The van der Waals surface area contributed by atoms with Gasteiger partial charge in [0, 0.05) is 12.1 Å². The van der Waals surface area contributed by atoms with Gasteiger partial charge < -0.3 is 5.32 Å². The second kappa shape index (κ2) is 6.33. The summed E-state index contributed by atoms with van der Waals surface area (Å²) in [6.45, 7) is 0.526. The van der Waals surface area contributed by atoms with Crippen molar-refractivity contribution in [2.75, 3.05) is 0 Å². The lowest BCUT2D eigenvalue weighted by molar-refractivity contribution is 0.0955. The zero-order chi connectivity index (χ0) is 14.5. The molecule has 1 amide bonds. The number of amides is 1. The predicted octanol–water partition coefficient (Wildman–Crippen LogP) is 3.74. The van der Waals surface area contributed by atoms with Gasteiger partial charge in [0.05, 0.1) is 5.69 Å². The maximum atomic E-state index is 12.1. The summed E-state index contributed by atoms with van der Waals surface area (Å²) < 4.78 is 4.34. The topological polar surface area (TPSA) is 42.0 Å². The van der Waals surface area contributed by atoms with Gasteiger partial charge in [0.1, 0.15) is 4.88 Å². The number of aromatic nitrogens is 1. The first-order valence-corrected chi connectivity index (χ1v) is 7.44. The van der Waals surface area contributed by atoms with Crippen molar-refractivity contribution in [1.82, 2.24) is 9.69 Å². The Morgan fingerprint density at radius 3 is 2.38 bits per heavy atom. The molecule has 0 aliphatic heterocycles. The van der Waals surface area contributed by atoms with Crippen LogP contribution in [0.15, 0.2) is 66.7 Å². The van der Waals surface area contributed by atoms with E-state index in [2.05, 4.69) is 9.69 Å². The third kappa shape index (κ3) is 3.35. The van der Waals surface area contributed by atoms with E-state index >= 15 is 0 Å². The first-order chi connectivity index (χ1) is 10.3. The van der Waals surface area contributed by atoms with E-state index in [9.17, 15) is 4.79 Å². The normalized spacial score (nSPS) is 10.3. The average molecular weight is 294 g/mol. The number of carbonyl (C=O) groups excluding carboxylic acids is 1. The molecule has 104 valence electrons. The molecule has 0 fully saturated rings. The van der Waals surface area contributed by atoms with E-state index in [1.165, 1.54) is 11.5 Å². The first kappa shape index (κ1) is 13.5. The van der Waals surface area contributed by atoms with Crippen LogP contribution < -0.4 is 5.32 Å². The lowest BCUT2D eigenvalue weighted by Gasteiger charge is -2.02. The summed E-state index contributed by atoms with van der Waals surface area (Å²) in [5.74, 6) is -0.0847. The van der Waals surface area contributed by atoms with Crippen LogP contribution in [0.4, 0.5) is 0 Å². The Labute approximate surface area is 127 Å². The van der Waals surface area contributed by atoms with Crippen LogP contribution in [0, 0.1) is 0 Å². The average Bonchev–Trinajstić information content (AvgIpc) is 3.04. The van der Waals surface area contributed by atoms with Gasteiger partial charge in [-0.15, -0.1) is 0 Å². The summed E-state index contributed by atoms with van der Waals surface area (Å²) in [7, 11) is 0. The number of nitrogens with one attached hydrogen (secondary N) is 1. The number of carbonyl (C=O) groups is 1. The molecule has 0 aliphatic rings. The molecule has 1 N–H and O–H groups in total. The van der Waals surface area contributed by atoms with E-state index < -0.39 is 0 Å². The van der Waals surface area contributed by atoms with Crippen LogP contribution in [0.5, 0.6) is 0 Å². The van der Waals surface area contributed by atoms with Gasteiger partial charge in [-0.2, -0.15) is 4.37 Å². The quantitative estimate of drug-likeness (QED) is 0.796. The summed E-state index contributed by atoms with van der Waals surface area (Å²) in [5.41, 5.74) is 2.94. The molecule has 4 heteroatoms. The van der Waals surface area contributed by atoms with Crippen molar-refractivity contribution in [3.8, 4) is 11.3 Å². The molecule has 0 spiro atoms. The lowest BCUT2D eigenvalue weighted by Crippen LogP contribution is -2.21. The number of hydrogen-bond donors (Lipinski definition) is 1. The summed E-state index contributed by atoms with van der Waals surface area (Å²) in [4.78, 5) is 12.8. The van der Waals surface area contributed by atoms with Crippen LogP contribution >= 0.6 is 11.5 Å². The van der Waals surface area contributed by atoms with Gasteiger partial charge in [0.15, 0.2) is 0 Å². The van der Waals surface area contributed by atoms with Crippen molar-refractivity contribution >= 4 is 17.4 Å². The molecule has 21 heavy (non-hydrogen) atoms. The minimum Gasteiger partial charge on any atom is -0.347 e. The lowest BCUT2D eigenvalue weighted by atomic mass is 10.1. The Morgan fingerprint density at radius 1 is 1.00 bits per heavy atom. The van der Waals surface area contributed by atoms with E-state index in [-0.39, 0.29) is 5.91 Å². The van der Waals surface area contributed by atoms with Crippen molar-refractivity contribution in [3.63, 3.8) is 0 Å². The summed E-state index contributed by atoms with van der Waals surface area (Å²) >= 11 is 1.23. The van der Waals surface area contributed by atoms with Crippen LogP contribution in [-0.2, 0) is 6.54 Å². The predicted molar refractivity (Wildman–Crippen MR) is 85.2 cm³/mol. The summed E-state index contributed by atoms with van der Waals surface area (Å²) in [5, 5.41) is 2.91. The van der Waals surface area contributed by atoms with Gasteiger partial charge in [-0.1, -0.05) is 60.7 Å². The van der Waals surface area contributed by atoms with Crippen molar-refractivity contribution in [3.05, 3.63) is 77.2 Å². The third-order valence-corrected chi connectivity index (χ3v) is 3.89. The zero-order valence-electron chi connectivity index (χ0n) is 11.3. The third-order valence-electron chi connectivity index (χ3n) is 3.10.